The Hall–Kier alpha value is -1.55. The molecule has 0 bridgehead atoms. The van der Waals surface area contributed by atoms with Crippen molar-refractivity contribution in [3.63, 3.8) is 0 Å². The van der Waals surface area contributed by atoms with Crippen molar-refractivity contribution >= 4 is 6.29 Å². The molecular weight excluding hydrogens is 160 g/mol. The molecule has 0 aromatic heterocycles. The summed E-state index contributed by atoms with van der Waals surface area (Å²) in [7, 11) is 0. The first kappa shape index (κ1) is 7.12. The van der Waals surface area contributed by atoms with Gasteiger partial charge in [-0.3, -0.25) is 4.79 Å². The highest BCUT2D eigenvalue weighted by molar-refractivity contribution is 5.76. The molecule has 0 radical (unpaired) electrons. The molecule has 4 heteroatoms. The van der Waals surface area contributed by atoms with E-state index in [2.05, 4.69) is 0 Å². The van der Waals surface area contributed by atoms with Crippen LogP contribution in [0, 0.1) is 0 Å². The van der Waals surface area contributed by atoms with Crippen LogP contribution in [-0.4, -0.2) is 17.9 Å². The number of aldehydes is 1. The number of carbonyl (C=O) groups excluding carboxylic acids is 1. The predicted octanol–water partition coefficient (Wildman–Crippen LogP) is 0.546. The van der Waals surface area contributed by atoms with Crippen LogP contribution in [0.25, 0.3) is 0 Å². The Bertz CT molecular complexity index is 321. The molecule has 0 aliphatic carbocycles. The van der Waals surface area contributed by atoms with Crippen molar-refractivity contribution in [1.29, 1.82) is 0 Å². The van der Waals surface area contributed by atoms with Crippen molar-refractivity contribution in [1.82, 2.24) is 0 Å². The number of hydrogen-bond acceptors (Lipinski definition) is 4. The van der Waals surface area contributed by atoms with Gasteiger partial charge in [-0.1, -0.05) is 0 Å². The fourth-order valence-corrected chi connectivity index (χ4v) is 1.03. The monoisotopic (exact) mass is 166 g/mol. The maximum atomic E-state index is 10.3. The number of hydrogen-bond donors (Lipinski definition) is 1. The number of rotatable bonds is 1. The van der Waals surface area contributed by atoms with Gasteiger partial charge >= 0.3 is 6.48 Å². The summed E-state index contributed by atoms with van der Waals surface area (Å²) in [5, 5.41) is 8.88. The van der Waals surface area contributed by atoms with E-state index in [0.29, 0.717) is 23.3 Å². The molecule has 62 valence electrons. The molecule has 1 heterocycles. The van der Waals surface area contributed by atoms with Gasteiger partial charge in [0.1, 0.15) is 6.29 Å². The number of benzene rings is 1. The van der Waals surface area contributed by atoms with Crippen LogP contribution in [0.5, 0.6) is 11.5 Å². The third kappa shape index (κ3) is 1.02. The fraction of sp³-hybridized carbons (Fsp3) is 0.125. The molecule has 1 atom stereocenters. The molecular formula is C8H6O4. The Balaban J connectivity index is 2.41. The van der Waals surface area contributed by atoms with Crippen LogP contribution in [0.1, 0.15) is 10.4 Å². The van der Waals surface area contributed by atoms with E-state index in [1.807, 2.05) is 0 Å². The molecule has 4 nitrogen and oxygen atoms in total. The first-order valence-corrected chi connectivity index (χ1v) is 3.40. The van der Waals surface area contributed by atoms with Crippen molar-refractivity contribution in [2.45, 2.75) is 6.48 Å². The predicted molar refractivity (Wildman–Crippen MR) is 39.1 cm³/mol. The Morgan fingerprint density at radius 1 is 1.33 bits per heavy atom. The third-order valence-corrected chi connectivity index (χ3v) is 1.56. The summed E-state index contributed by atoms with van der Waals surface area (Å²) >= 11 is 0. The summed E-state index contributed by atoms with van der Waals surface area (Å²) in [6, 6.07) is 4.68. The summed E-state index contributed by atoms with van der Waals surface area (Å²) in [5.41, 5.74) is 0.492. The SMILES string of the molecule is O=Cc1ccc2c(c1)OC(O)O2. The average Bonchev–Trinajstić information content (AvgIpc) is 2.43. The van der Waals surface area contributed by atoms with Gasteiger partial charge in [-0.05, 0) is 18.2 Å². The Kier molecular flexibility index (Phi) is 1.48. The fourth-order valence-electron chi connectivity index (χ4n) is 1.03. The third-order valence-electron chi connectivity index (χ3n) is 1.56. The lowest BCUT2D eigenvalue weighted by molar-refractivity contribution is -0.133. The quantitative estimate of drug-likeness (QED) is 0.619. The van der Waals surface area contributed by atoms with Crippen molar-refractivity contribution < 1.29 is 19.4 Å². The van der Waals surface area contributed by atoms with Gasteiger partial charge in [-0.15, -0.1) is 0 Å². The van der Waals surface area contributed by atoms with Crippen molar-refractivity contribution in [2.75, 3.05) is 0 Å². The van der Waals surface area contributed by atoms with Gasteiger partial charge in [-0.2, -0.15) is 0 Å². The maximum absolute atomic E-state index is 10.3. The summed E-state index contributed by atoms with van der Waals surface area (Å²) in [4.78, 5) is 10.3. The smallest absolute Gasteiger partial charge is 0.358 e. The van der Waals surface area contributed by atoms with Crippen LogP contribution in [-0.2, 0) is 0 Å². The van der Waals surface area contributed by atoms with E-state index in [-0.39, 0.29) is 0 Å². The number of fused-ring (bicyclic) bond motifs is 1. The minimum atomic E-state index is -1.25. The van der Waals surface area contributed by atoms with E-state index in [9.17, 15) is 4.79 Å². The number of aliphatic hydroxyl groups excluding tert-OH is 1. The lowest BCUT2D eigenvalue weighted by Gasteiger charge is -1.97. The second kappa shape index (κ2) is 2.49. The molecule has 0 spiro atoms. The van der Waals surface area contributed by atoms with Crippen LogP contribution in [0.15, 0.2) is 18.2 Å². The summed E-state index contributed by atoms with van der Waals surface area (Å²) in [6.07, 6.45) is 0.703. The summed E-state index contributed by atoms with van der Waals surface area (Å²) in [6.45, 7) is -1.25. The molecule has 1 unspecified atom stereocenters. The highest BCUT2D eigenvalue weighted by Crippen LogP contribution is 2.34. The first-order chi connectivity index (χ1) is 5.79. The lowest BCUT2D eigenvalue weighted by atomic mass is 10.2. The summed E-state index contributed by atoms with van der Waals surface area (Å²) in [5.74, 6) is 0.847. The molecule has 12 heavy (non-hydrogen) atoms. The van der Waals surface area contributed by atoms with E-state index in [4.69, 9.17) is 14.6 Å². The molecule has 1 aliphatic heterocycles. The highest BCUT2D eigenvalue weighted by Gasteiger charge is 2.21. The molecule has 1 aromatic rings. The Morgan fingerprint density at radius 2 is 2.08 bits per heavy atom. The van der Waals surface area contributed by atoms with Crippen LogP contribution >= 0.6 is 0 Å². The number of ether oxygens (including phenoxy) is 2. The standard InChI is InChI=1S/C8H6O4/c9-4-5-1-2-6-7(3-5)12-8(10)11-6/h1-4,8,10H. The van der Waals surface area contributed by atoms with Gasteiger partial charge in [0.25, 0.3) is 0 Å². The van der Waals surface area contributed by atoms with E-state index < -0.39 is 6.48 Å². The molecule has 0 fully saturated rings. The molecule has 0 amide bonds. The molecule has 0 saturated carbocycles. The van der Waals surface area contributed by atoms with Gasteiger partial charge in [-0.25, -0.2) is 0 Å². The van der Waals surface area contributed by atoms with Gasteiger partial charge in [0.15, 0.2) is 11.5 Å². The van der Waals surface area contributed by atoms with Crippen LogP contribution in [0.3, 0.4) is 0 Å². The van der Waals surface area contributed by atoms with E-state index >= 15 is 0 Å². The highest BCUT2D eigenvalue weighted by atomic mass is 16.8. The van der Waals surface area contributed by atoms with Crippen LogP contribution < -0.4 is 9.47 Å². The van der Waals surface area contributed by atoms with Gasteiger partial charge in [0.2, 0.25) is 0 Å². The molecule has 2 rings (SSSR count). The molecule has 0 saturated heterocycles. The number of aliphatic hydroxyl groups is 1. The van der Waals surface area contributed by atoms with E-state index in [1.54, 1.807) is 12.1 Å². The largest absolute Gasteiger partial charge is 0.428 e. The minimum absolute atomic E-state index is 0.395. The zero-order valence-electron chi connectivity index (χ0n) is 6.06. The van der Waals surface area contributed by atoms with Gasteiger partial charge in [0.05, 0.1) is 0 Å². The lowest BCUT2D eigenvalue weighted by Crippen LogP contribution is -2.15. The van der Waals surface area contributed by atoms with E-state index in [1.165, 1.54) is 6.07 Å². The second-order valence-electron chi connectivity index (χ2n) is 2.37. The maximum Gasteiger partial charge on any atom is 0.358 e. The van der Waals surface area contributed by atoms with Gasteiger partial charge < -0.3 is 14.6 Å². The van der Waals surface area contributed by atoms with E-state index in [0.717, 1.165) is 0 Å². The van der Waals surface area contributed by atoms with Gasteiger partial charge in [0, 0.05) is 5.56 Å². The topological polar surface area (TPSA) is 55.8 Å². The zero-order valence-corrected chi connectivity index (χ0v) is 6.06. The van der Waals surface area contributed by atoms with Crippen molar-refractivity contribution in [3.05, 3.63) is 23.8 Å². The summed E-state index contributed by atoms with van der Waals surface area (Å²) < 4.78 is 9.65. The normalized spacial score (nSPS) is 19.2. The van der Waals surface area contributed by atoms with Crippen LogP contribution in [0.4, 0.5) is 0 Å². The van der Waals surface area contributed by atoms with Crippen LogP contribution in [0.2, 0.25) is 0 Å². The minimum Gasteiger partial charge on any atom is -0.428 e. The van der Waals surface area contributed by atoms with Crippen molar-refractivity contribution in [2.24, 2.45) is 0 Å². The molecule has 1 aliphatic rings. The van der Waals surface area contributed by atoms with Crippen molar-refractivity contribution in [3.8, 4) is 11.5 Å². The average molecular weight is 166 g/mol. The zero-order chi connectivity index (χ0) is 8.55. The number of carbonyl (C=O) groups is 1. The molecule has 1 N–H and O–H groups in total. The Labute approximate surface area is 68.3 Å². The molecule has 1 aromatic carbocycles. The Morgan fingerprint density at radius 3 is 2.83 bits per heavy atom. The second-order valence-corrected chi connectivity index (χ2v) is 2.37. The first-order valence-electron chi connectivity index (χ1n) is 3.40.